The Morgan fingerprint density at radius 2 is 2.25 bits per heavy atom. The standard InChI is InChI=1S/C10H5BrFNO2S/c11-8-4-16-10(13-8)5-1-6(3-14)9(15)7(12)2-5/h1-4,15H. The number of thiazole rings is 1. The minimum absolute atomic E-state index is 0.0821. The molecule has 1 N–H and O–H groups in total. The van der Waals surface area contributed by atoms with Gasteiger partial charge in [-0.05, 0) is 28.1 Å². The molecule has 1 heterocycles. The Bertz CT molecular complexity index is 556. The summed E-state index contributed by atoms with van der Waals surface area (Å²) in [5, 5.41) is 11.6. The molecule has 6 heteroatoms. The Morgan fingerprint density at radius 1 is 1.50 bits per heavy atom. The highest BCUT2D eigenvalue weighted by Gasteiger charge is 2.12. The lowest BCUT2D eigenvalue weighted by molar-refractivity contribution is 0.112. The topological polar surface area (TPSA) is 50.2 Å². The number of nitrogens with zero attached hydrogens (tertiary/aromatic N) is 1. The molecule has 0 amide bonds. The van der Waals surface area contributed by atoms with Crippen LogP contribution in [0, 0.1) is 5.82 Å². The van der Waals surface area contributed by atoms with Crippen LogP contribution in [0.5, 0.6) is 5.75 Å². The summed E-state index contributed by atoms with van der Waals surface area (Å²) in [6, 6.07) is 2.55. The minimum Gasteiger partial charge on any atom is -0.504 e. The van der Waals surface area contributed by atoms with Crippen molar-refractivity contribution >= 4 is 33.6 Å². The van der Waals surface area contributed by atoms with Crippen LogP contribution in [0.2, 0.25) is 0 Å². The Hall–Kier alpha value is -1.27. The average molecular weight is 302 g/mol. The summed E-state index contributed by atoms with van der Waals surface area (Å²) >= 11 is 4.50. The zero-order chi connectivity index (χ0) is 11.7. The molecule has 0 atom stereocenters. The van der Waals surface area contributed by atoms with E-state index < -0.39 is 11.6 Å². The number of aldehydes is 1. The number of carbonyl (C=O) groups excluding carboxylic acids is 1. The molecular formula is C10H5BrFNO2S. The Labute approximate surface area is 103 Å². The molecule has 0 radical (unpaired) electrons. The highest BCUT2D eigenvalue weighted by Crippen LogP contribution is 2.31. The van der Waals surface area contributed by atoms with Crippen LogP contribution in [-0.4, -0.2) is 16.4 Å². The van der Waals surface area contributed by atoms with Gasteiger partial charge in [-0.15, -0.1) is 11.3 Å². The number of benzene rings is 1. The molecule has 0 unspecified atom stereocenters. The first kappa shape index (κ1) is 11.2. The Balaban J connectivity index is 2.58. The largest absolute Gasteiger partial charge is 0.504 e. The van der Waals surface area contributed by atoms with Gasteiger partial charge in [0.1, 0.15) is 9.61 Å². The quantitative estimate of drug-likeness (QED) is 0.867. The summed E-state index contributed by atoms with van der Waals surface area (Å²) < 4.78 is 13.9. The summed E-state index contributed by atoms with van der Waals surface area (Å²) in [5.41, 5.74) is 0.384. The molecular weight excluding hydrogens is 297 g/mol. The highest BCUT2D eigenvalue weighted by atomic mass is 79.9. The molecule has 0 aliphatic heterocycles. The summed E-state index contributed by atoms with van der Waals surface area (Å²) in [7, 11) is 0. The third-order valence-corrected chi connectivity index (χ3v) is 3.54. The second kappa shape index (κ2) is 4.31. The van der Waals surface area contributed by atoms with Crippen LogP contribution in [0.25, 0.3) is 10.6 Å². The van der Waals surface area contributed by atoms with Gasteiger partial charge in [0.15, 0.2) is 17.9 Å². The first-order chi connectivity index (χ1) is 7.61. The van der Waals surface area contributed by atoms with E-state index in [4.69, 9.17) is 0 Å². The second-order valence-corrected chi connectivity index (χ2v) is 4.66. The van der Waals surface area contributed by atoms with Crippen molar-refractivity contribution < 1.29 is 14.3 Å². The van der Waals surface area contributed by atoms with E-state index >= 15 is 0 Å². The lowest BCUT2D eigenvalue weighted by Gasteiger charge is -2.02. The van der Waals surface area contributed by atoms with E-state index in [-0.39, 0.29) is 5.56 Å². The molecule has 0 bridgehead atoms. The molecule has 2 rings (SSSR count). The van der Waals surface area contributed by atoms with E-state index in [1.807, 2.05) is 0 Å². The molecule has 0 aliphatic rings. The van der Waals surface area contributed by atoms with Crippen LogP contribution in [-0.2, 0) is 0 Å². The third-order valence-electron chi connectivity index (χ3n) is 1.94. The van der Waals surface area contributed by atoms with Gasteiger partial charge in [0.2, 0.25) is 0 Å². The number of aromatic hydroxyl groups is 1. The van der Waals surface area contributed by atoms with Gasteiger partial charge in [-0.2, -0.15) is 0 Å². The number of hydrogen-bond acceptors (Lipinski definition) is 4. The molecule has 2 aromatic rings. The maximum Gasteiger partial charge on any atom is 0.166 e. The van der Waals surface area contributed by atoms with Gasteiger partial charge in [0, 0.05) is 10.9 Å². The van der Waals surface area contributed by atoms with Crippen LogP contribution in [0.15, 0.2) is 22.1 Å². The lowest BCUT2D eigenvalue weighted by atomic mass is 10.1. The van der Waals surface area contributed by atoms with Crippen molar-refractivity contribution in [3.8, 4) is 16.3 Å². The summed E-state index contributed by atoms with van der Waals surface area (Å²) in [6.45, 7) is 0. The molecule has 0 spiro atoms. The monoisotopic (exact) mass is 301 g/mol. The summed E-state index contributed by atoms with van der Waals surface area (Å²) in [4.78, 5) is 14.7. The van der Waals surface area contributed by atoms with Gasteiger partial charge in [-0.1, -0.05) is 0 Å². The Kier molecular flexibility index (Phi) is 3.02. The van der Waals surface area contributed by atoms with Crippen LogP contribution in [0.4, 0.5) is 4.39 Å². The fourth-order valence-corrected chi connectivity index (χ4v) is 2.46. The van der Waals surface area contributed by atoms with E-state index in [0.29, 0.717) is 21.5 Å². The summed E-state index contributed by atoms with van der Waals surface area (Å²) in [5.74, 6) is -1.46. The summed E-state index contributed by atoms with van der Waals surface area (Å²) in [6.07, 6.45) is 0.407. The molecule has 1 aromatic heterocycles. The molecule has 0 aliphatic carbocycles. The average Bonchev–Trinajstić information content (AvgIpc) is 2.69. The normalized spacial score (nSPS) is 10.4. The minimum atomic E-state index is -0.828. The van der Waals surface area contributed by atoms with Crippen molar-refractivity contribution in [3.05, 3.63) is 33.5 Å². The van der Waals surface area contributed by atoms with E-state index in [9.17, 15) is 14.3 Å². The van der Waals surface area contributed by atoms with Crippen molar-refractivity contribution in [2.24, 2.45) is 0 Å². The third kappa shape index (κ3) is 1.98. The zero-order valence-corrected chi connectivity index (χ0v) is 10.2. The van der Waals surface area contributed by atoms with Gasteiger partial charge in [0.05, 0.1) is 5.56 Å². The van der Waals surface area contributed by atoms with Gasteiger partial charge < -0.3 is 5.11 Å². The number of phenols is 1. The number of halogens is 2. The SMILES string of the molecule is O=Cc1cc(-c2nc(Br)cs2)cc(F)c1O. The predicted molar refractivity (Wildman–Crippen MR) is 62.3 cm³/mol. The van der Waals surface area contributed by atoms with Gasteiger partial charge in [-0.3, -0.25) is 4.79 Å². The molecule has 16 heavy (non-hydrogen) atoms. The van der Waals surface area contributed by atoms with Crippen molar-refractivity contribution in [2.45, 2.75) is 0 Å². The number of phenolic OH excluding ortho intramolecular Hbond substituents is 1. The van der Waals surface area contributed by atoms with Gasteiger partial charge >= 0.3 is 0 Å². The Morgan fingerprint density at radius 3 is 2.81 bits per heavy atom. The fraction of sp³-hybridized carbons (Fsp3) is 0. The van der Waals surface area contributed by atoms with Crippen LogP contribution in [0.1, 0.15) is 10.4 Å². The maximum absolute atomic E-state index is 13.3. The van der Waals surface area contributed by atoms with Crippen LogP contribution in [0.3, 0.4) is 0 Å². The van der Waals surface area contributed by atoms with Crippen molar-refractivity contribution in [1.82, 2.24) is 4.98 Å². The zero-order valence-electron chi connectivity index (χ0n) is 7.78. The van der Waals surface area contributed by atoms with E-state index in [0.717, 1.165) is 6.07 Å². The highest BCUT2D eigenvalue weighted by molar-refractivity contribution is 9.10. The lowest BCUT2D eigenvalue weighted by Crippen LogP contribution is -1.88. The smallest absolute Gasteiger partial charge is 0.166 e. The van der Waals surface area contributed by atoms with Crippen LogP contribution >= 0.6 is 27.3 Å². The predicted octanol–water partition coefficient (Wildman–Crippen LogP) is 3.23. The van der Waals surface area contributed by atoms with Gasteiger partial charge in [0.25, 0.3) is 0 Å². The number of hydrogen-bond donors (Lipinski definition) is 1. The van der Waals surface area contributed by atoms with Crippen LogP contribution < -0.4 is 0 Å². The molecule has 0 saturated carbocycles. The van der Waals surface area contributed by atoms with E-state index in [1.54, 1.807) is 5.38 Å². The number of rotatable bonds is 2. The van der Waals surface area contributed by atoms with E-state index in [1.165, 1.54) is 17.4 Å². The molecule has 3 nitrogen and oxygen atoms in total. The number of aromatic nitrogens is 1. The van der Waals surface area contributed by atoms with Crippen molar-refractivity contribution in [2.75, 3.05) is 0 Å². The van der Waals surface area contributed by atoms with Crippen molar-refractivity contribution in [3.63, 3.8) is 0 Å². The first-order valence-corrected chi connectivity index (χ1v) is 5.88. The molecule has 0 fully saturated rings. The molecule has 1 aromatic carbocycles. The fourth-order valence-electron chi connectivity index (χ4n) is 1.22. The number of carbonyl (C=O) groups is 1. The van der Waals surface area contributed by atoms with E-state index in [2.05, 4.69) is 20.9 Å². The second-order valence-electron chi connectivity index (χ2n) is 2.99. The maximum atomic E-state index is 13.3. The molecule has 82 valence electrons. The van der Waals surface area contributed by atoms with Gasteiger partial charge in [-0.25, -0.2) is 9.37 Å². The molecule has 0 saturated heterocycles. The van der Waals surface area contributed by atoms with Crippen molar-refractivity contribution in [1.29, 1.82) is 0 Å². The first-order valence-electron chi connectivity index (χ1n) is 4.21.